The molecule has 9 heteroatoms. The van der Waals surface area contributed by atoms with Crippen LogP contribution in [0.15, 0.2) is 46.9 Å². The van der Waals surface area contributed by atoms with Gasteiger partial charge in [-0.2, -0.15) is 0 Å². The molecule has 0 spiro atoms. The van der Waals surface area contributed by atoms with Crippen LogP contribution in [-0.4, -0.2) is 30.8 Å². The van der Waals surface area contributed by atoms with Crippen LogP contribution in [0.5, 0.6) is 0 Å². The molecule has 2 aromatic rings. The largest absolute Gasteiger partial charge is 0.378 e. The van der Waals surface area contributed by atoms with Crippen molar-refractivity contribution in [1.82, 2.24) is 10.9 Å². The molecule has 2 N–H and O–H groups in total. The number of nitrogens with zero attached hydrogens (tertiary/aromatic N) is 2. The van der Waals surface area contributed by atoms with Gasteiger partial charge in [-0.3, -0.25) is 30.6 Å². The van der Waals surface area contributed by atoms with Gasteiger partial charge in [-0.25, -0.2) is 0 Å². The van der Waals surface area contributed by atoms with E-state index in [9.17, 15) is 19.7 Å². The first kappa shape index (κ1) is 18.4. The Labute approximate surface area is 152 Å². The average molecular weight is 407 g/mol. The van der Waals surface area contributed by atoms with E-state index in [4.69, 9.17) is 0 Å². The number of hydrazine groups is 1. The Hall–Kier alpha value is -2.94. The van der Waals surface area contributed by atoms with Gasteiger partial charge in [0, 0.05) is 37.0 Å². The summed E-state index contributed by atoms with van der Waals surface area (Å²) in [7, 11) is 3.69. The molecule has 0 unspecified atom stereocenters. The number of amides is 2. The number of benzene rings is 2. The maximum Gasteiger partial charge on any atom is 0.284 e. The van der Waals surface area contributed by atoms with Gasteiger partial charge in [-0.15, -0.1) is 0 Å². The Kier molecular flexibility index (Phi) is 5.71. The molecule has 0 aliphatic carbocycles. The monoisotopic (exact) mass is 406 g/mol. The van der Waals surface area contributed by atoms with E-state index in [-0.39, 0.29) is 15.7 Å². The van der Waals surface area contributed by atoms with Crippen LogP contribution in [0.4, 0.5) is 11.4 Å². The third kappa shape index (κ3) is 4.54. The van der Waals surface area contributed by atoms with Crippen LogP contribution < -0.4 is 15.8 Å². The normalized spacial score (nSPS) is 10.0. The predicted octanol–water partition coefficient (Wildman–Crippen LogP) is 2.50. The van der Waals surface area contributed by atoms with Crippen molar-refractivity contribution in [1.29, 1.82) is 0 Å². The number of rotatable bonds is 4. The fourth-order valence-corrected chi connectivity index (χ4v) is 2.37. The quantitative estimate of drug-likeness (QED) is 0.599. The van der Waals surface area contributed by atoms with Crippen LogP contribution in [0, 0.1) is 10.1 Å². The van der Waals surface area contributed by atoms with Gasteiger partial charge in [-0.1, -0.05) is 6.07 Å². The Morgan fingerprint density at radius 2 is 1.64 bits per heavy atom. The summed E-state index contributed by atoms with van der Waals surface area (Å²) < 4.78 is 0.263. The van der Waals surface area contributed by atoms with E-state index in [1.54, 1.807) is 18.2 Å². The van der Waals surface area contributed by atoms with Crippen LogP contribution in [0.2, 0.25) is 0 Å². The highest BCUT2D eigenvalue weighted by atomic mass is 79.9. The second-order valence-electron chi connectivity index (χ2n) is 5.28. The molecule has 25 heavy (non-hydrogen) atoms. The zero-order valence-corrected chi connectivity index (χ0v) is 15.0. The zero-order valence-electron chi connectivity index (χ0n) is 13.4. The van der Waals surface area contributed by atoms with E-state index < -0.39 is 16.7 Å². The Morgan fingerprint density at radius 3 is 2.20 bits per heavy atom. The smallest absolute Gasteiger partial charge is 0.284 e. The Balaban J connectivity index is 2.07. The number of carbonyl (C=O) groups is 2. The van der Waals surface area contributed by atoms with Crippen LogP contribution in [0.3, 0.4) is 0 Å². The molecule has 2 amide bonds. The van der Waals surface area contributed by atoms with Crippen LogP contribution in [-0.2, 0) is 0 Å². The molecule has 2 aromatic carbocycles. The highest BCUT2D eigenvalue weighted by Crippen LogP contribution is 2.25. The fraction of sp³-hybridized carbons (Fsp3) is 0.125. The minimum Gasteiger partial charge on any atom is -0.378 e. The lowest BCUT2D eigenvalue weighted by molar-refractivity contribution is -0.385. The molecule has 0 bridgehead atoms. The summed E-state index contributed by atoms with van der Waals surface area (Å²) in [4.78, 5) is 36.3. The first-order valence-corrected chi connectivity index (χ1v) is 7.91. The van der Waals surface area contributed by atoms with Gasteiger partial charge in [0.1, 0.15) is 0 Å². The lowest BCUT2D eigenvalue weighted by Gasteiger charge is -2.13. The van der Waals surface area contributed by atoms with Gasteiger partial charge in [-0.05, 0) is 46.3 Å². The molecule has 0 radical (unpaired) electrons. The molecule has 0 aliphatic heterocycles. The highest BCUT2D eigenvalue weighted by molar-refractivity contribution is 9.10. The molecule has 0 saturated carbocycles. The first-order valence-electron chi connectivity index (χ1n) is 7.11. The molecule has 0 heterocycles. The summed E-state index contributed by atoms with van der Waals surface area (Å²) in [5.41, 5.74) is 5.55. The molecule has 0 aliphatic rings. The van der Waals surface area contributed by atoms with E-state index >= 15 is 0 Å². The van der Waals surface area contributed by atoms with Crippen LogP contribution >= 0.6 is 15.9 Å². The van der Waals surface area contributed by atoms with Gasteiger partial charge < -0.3 is 4.90 Å². The van der Waals surface area contributed by atoms with Crippen LogP contribution in [0.25, 0.3) is 0 Å². The lowest BCUT2D eigenvalue weighted by atomic mass is 10.2. The van der Waals surface area contributed by atoms with Crippen molar-refractivity contribution in [3.63, 3.8) is 0 Å². The second kappa shape index (κ2) is 7.75. The van der Waals surface area contributed by atoms with E-state index in [1.165, 1.54) is 12.1 Å². The van der Waals surface area contributed by atoms with Crippen molar-refractivity contribution in [2.45, 2.75) is 0 Å². The lowest BCUT2D eigenvalue weighted by Crippen LogP contribution is -2.41. The molecule has 0 fully saturated rings. The van der Waals surface area contributed by atoms with Gasteiger partial charge in [0.25, 0.3) is 17.5 Å². The van der Waals surface area contributed by atoms with Gasteiger partial charge in [0.2, 0.25) is 0 Å². The highest BCUT2D eigenvalue weighted by Gasteiger charge is 2.16. The van der Waals surface area contributed by atoms with Crippen molar-refractivity contribution >= 4 is 39.1 Å². The maximum absolute atomic E-state index is 12.1. The SMILES string of the molecule is CN(C)c1cccc(C(=O)NNC(=O)c2ccc(Br)c([N+](=O)[O-])c2)c1. The standard InChI is InChI=1S/C16H15BrN4O4/c1-20(2)12-5-3-4-10(8-12)15(22)18-19-16(23)11-6-7-13(17)14(9-11)21(24)25/h3-9H,1-2H3,(H,18,22)(H,19,23). The number of nitro groups is 1. The fourth-order valence-electron chi connectivity index (χ4n) is 1.98. The average Bonchev–Trinajstić information content (AvgIpc) is 2.59. The van der Waals surface area contributed by atoms with Crippen molar-refractivity contribution in [2.24, 2.45) is 0 Å². The van der Waals surface area contributed by atoms with Gasteiger partial charge >= 0.3 is 0 Å². The molecular formula is C16H15BrN4O4. The number of hydrogen-bond donors (Lipinski definition) is 2. The molecule has 0 aromatic heterocycles. The van der Waals surface area contributed by atoms with E-state index in [0.717, 1.165) is 11.8 Å². The minimum absolute atomic E-state index is 0.0530. The van der Waals surface area contributed by atoms with Crippen molar-refractivity contribution < 1.29 is 14.5 Å². The van der Waals surface area contributed by atoms with E-state index in [2.05, 4.69) is 26.8 Å². The summed E-state index contributed by atoms with van der Waals surface area (Å²) in [6, 6.07) is 10.8. The number of hydrogen-bond acceptors (Lipinski definition) is 5. The zero-order chi connectivity index (χ0) is 18.6. The summed E-state index contributed by atoms with van der Waals surface area (Å²) in [6.07, 6.45) is 0. The Morgan fingerprint density at radius 1 is 1.04 bits per heavy atom. The first-order chi connectivity index (χ1) is 11.8. The third-order valence-corrected chi connectivity index (χ3v) is 3.99. The van der Waals surface area contributed by atoms with E-state index in [1.807, 2.05) is 25.1 Å². The van der Waals surface area contributed by atoms with Crippen molar-refractivity contribution in [3.8, 4) is 0 Å². The molecular weight excluding hydrogens is 392 g/mol. The summed E-state index contributed by atoms with van der Waals surface area (Å²) in [6.45, 7) is 0. The van der Waals surface area contributed by atoms with Gasteiger partial charge in [0.15, 0.2) is 0 Å². The molecule has 2 rings (SSSR count). The number of nitro benzene ring substituents is 1. The molecule has 0 atom stereocenters. The van der Waals surface area contributed by atoms with Crippen LogP contribution in [0.1, 0.15) is 20.7 Å². The number of halogens is 1. The molecule has 8 nitrogen and oxygen atoms in total. The third-order valence-electron chi connectivity index (χ3n) is 3.32. The number of anilines is 1. The molecule has 0 saturated heterocycles. The topological polar surface area (TPSA) is 105 Å². The second-order valence-corrected chi connectivity index (χ2v) is 6.13. The number of nitrogens with one attached hydrogen (secondary N) is 2. The Bertz CT molecular complexity index is 839. The minimum atomic E-state index is -0.660. The van der Waals surface area contributed by atoms with Crippen molar-refractivity contribution in [3.05, 3.63) is 68.2 Å². The van der Waals surface area contributed by atoms with Gasteiger partial charge in [0.05, 0.1) is 9.40 Å². The summed E-state index contributed by atoms with van der Waals surface area (Å²) in [5, 5.41) is 10.9. The number of carbonyl (C=O) groups excluding carboxylic acids is 2. The van der Waals surface area contributed by atoms with E-state index in [0.29, 0.717) is 5.56 Å². The maximum atomic E-state index is 12.1. The summed E-state index contributed by atoms with van der Waals surface area (Å²) >= 11 is 3.04. The molecule has 130 valence electrons. The summed E-state index contributed by atoms with van der Waals surface area (Å²) in [5.74, 6) is -1.16. The predicted molar refractivity (Wildman–Crippen MR) is 96.5 cm³/mol. The van der Waals surface area contributed by atoms with Crippen molar-refractivity contribution in [2.75, 3.05) is 19.0 Å².